The monoisotopic (exact) mass is 187 g/mol. The molecule has 3 heteroatoms. The van der Waals surface area contributed by atoms with E-state index in [-0.39, 0.29) is 0 Å². The van der Waals surface area contributed by atoms with Gasteiger partial charge in [-0.2, -0.15) is 0 Å². The predicted octanol–water partition coefficient (Wildman–Crippen LogP) is 1.76. The summed E-state index contributed by atoms with van der Waals surface area (Å²) >= 11 is 1.89. The fourth-order valence-corrected chi connectivity index (χ4v) is 4.33. The third kappa shape index (κ3) is 1.78. The second kappa shape index (κ2) is 3.61. The van der Waals surface area contributed by atoms with Crippen LogP contribution in [0.2, 0.25) is 0 Å². The average molecular weight is 187 g/mol. The van der Waals surface area contributed by atoms with Gasteiger partial charge in [0.25, 0.3) is 0 Å². The minimum atomic E-state index is 0.517. The van der Waals surface area contributed by atoms with Crippen molar-refractivity contribution in [1.29, 1.82) is 0 Å². The van der Waals surface area contributed by atoms with Crippen molar-refractivity contribution in [2.75, 3.05) is 24.7 Å². The van der Waals surface area contributed by atoms with Gasteiger partial charge in [-0.1, -0.05) is 11.3 Å². The van der Waals surface area contributed by atoms with Gasteiger partial charge in [-0.15, -0.1) is 0 Å². The SMILES string of the molecule is c1csc([S+]2CCOCC2)c1. The van der Waals surface area contributed by atoms with Gasteiger partial charge in [-0.25, -0.2) is 0 Å². The van der Waals surface area contributed by atoms with Gasteiger partial charge in [0.15, 0.2) is 0 Å². The summed E-state index contributed by atoms with van der Waals surface area (Å²) in [4.78, 5) is 0. The maximum absolute atomic E-state index is 5.31. The Kier molecular flexibility index (Phi) is 2.51. The number of thiophene rings is 1. The fourth-order valence-electron chi connectivity index (χ4n) is 1.15. The van der Waals surface area contributed by atoms with Gasteiger partial charge in [-0.3, -0.25) is 0 Å². The molecule has 0 N–H and O–H groups in total. The molecular weight excluding hydrogens is 176 g/mol. The lowest BCUT2D eigenvalue weighted by molar-refractivity contribution is 0.159. The highest BCUT2D eigenvalue weighted by Crippen LogP contribution is 2.21. The first-order valence-corrected chi connectivity index (χ1v) is 6.20. The quantitative estimate of drug-likeness (QED) is 0.609. The van der Waals surface area contributed by atoms with E-state index >= 15 is 0 Å². The molecule has 1 saturated heterocycles. The third-order valence-corrected chi connectivity index (χ3v) is 5.41. The van der Waals surface area contributed by atoms with Crippen molar-refractivity contribution in [3.05, 3.63) is 17.5 Å². The van der Waals surface area contributed by atoms with Crippen LogP contribution in [0.4, 0.5) is 0 Å². The Bertz CT molecular complexity index is 202. The zero-order chi connectivity index (χ0) is 7.52. The topological polar surface area (TPSA) is 9.23 Å². The molecule has 0 spiro atoms. The summed E-state index contributed by atoms with van der Waals surface area (Å²) < 4.78 is 6.87. The molecule has 0 unspecified atom stereocenters. The first kappa shape index (κ1) is 7.65. The molecule has 1 aliphatic heterocycles. The lowest BCUT2D eigenvalue weighted by Gasteiger charge is -2.11. The molecule has 60 valence electrons. The first-order chi connectivity index (χ1) is 5.47. The molecule has 0 aromatic carbocycles. The van der Waals surface area contributed by atoms with E-state index in [0.717, 1.165) is 13.2 Å². The molecule has 1 aromatic rings. The Hall–Kier alpha value is 0.01000. The molecule has 1 aromatic heterocycles. The Morgan fingerprint density at radius 3 is 2.82 bits per heavy atom. The minimum absolute atomic E-state index is 0.517. The molecule has 0 bridgehead atoms. The molecule has 0 saturated carbocycles. The summed E-state index contributed by atoms with van der Waals surface area (Å²) in [5.74, 6) is 2.47. The van der Waals surface area contributed by atoms with Gasteiger partial charge in [0.05, 0.1) is 13.2 Å². The summed E-state index contributed by atoms with van der Waals surface area (Å²) in [6.45, 7) is 1.92. The molecule has 1 fully saturated rings. The maximum atomic E-state index is 5.31. The molecule has 1 aliphatic rings. The van der Waals surface area contributed by atoms with Crippen LogP contribution < -0.4 is 0 Å². The Morgan fingerprint density at radius 1 is 1.36 bits per heavy atom. The summed E-state index contributed by atoms with van der Waals surface area (Å²) in [7, 11) is 0.517. The van der Waals surface area contributed by atoms with Crippen LogP contribution in [0.3, 0.4) is 0 Å². The van der Waals surface area contributed by atoms with Gasteiger partial charge in [0, 0.05) is 17.0 Å². The molecule has 1 nitrogen and oxygen atoms in total. The highest BCUT2D eigenvalue weighted by Gasteiger charge is 2.25. The molecule has 2 heterocycles. The van der Waals surface area contributed by atoms with Gasteiger partial charge < -0.3 is 4.74 Å². The summed E-state index contributed by atoms with van der Waals surface area (Å²) in [6, 6.07) is 4.39. The first-order valence-electron chi connectivity index (χ1n) is 3.75. The van der Waals surface area contributed by atoms with Crippen LogP contribution in [0.25, 0.3) is 0 Å². The van der Waals surface area contributed by atoms with Crippen LogP contribution in [0.15, 0.2) is 21.7 Å². The molecule has 0 atom stereocenters. The summed E-state index contributed by atoms with van der Waals surface area (Å²) in [5, 5.41) is 2.16. The van der Waals surface area contributed by atoms with Crippen LogP contribution in [0.5, 0.6) is 0 Å². The second-order valence-corrected chi connectivity index (χ2v) is 5.89. The van der Waals surface area contributed by atoms with Crippen LogP contribution in [-0.4, -0.2) is 24.7 Å². The van der Waals surface area contributed by atoms with Crippen LogP contribution in [-0.2, 0) is 15.6 Å². The van der Waals surface area contributed by atoms with E-state index in [2.05, 4.69) is 17.5 Å². The summed E-state index contributed by atoms with van der Waals surface area (Å²) in [5.41, 5.74) is 0. The average Bonchev–Trinajstić information content (AvgIpc) is 2.58. The minimum Gasteiger partial charge on any atom is -0.372 e. The lowest BCUT2D eigenvalue weighted by Crippen LogP contribution is -2.25. The zero-order valence-corrected chi connectivity index (χ0v) is 7.92. The van der Waals surface area contributed by atoms with E-state index in [1.165, 1.54) is 11.5 Å². The smallest absolute Gasteiger partial charge is 0.208 e. The van der Waals surface area contributed by atoms with Crippen LogP contribution in [0.1, 0.15) is 0 Å². The van der Waals surface area contributed by atoms with Crippen LogP contribution >= 0.6 is 11.3 Å². The number of ether oxygens (including phenoxy) is 1. The molecule has 0 aliphatic carbocycles. The maximum Gasteiger partial charge on any atom is 0.208 e. The zero-order valence-electron chi connectivity index (χ0n) is 6.29. The van der Waals surface area contributed by atoms with Gasteiger partial charge >= 0.3 is 0 Å². The highest BCUT2D eigenvalue weighted by atomic mass is 32.2. The van der Waals surface area contributed by atoms with Crippen molar-refractivity contribution in [1.82, 2.24) is 0 Å². The third-order valence-electron chi connectivity index (χ3n) is 1.73. The Balaban J connectivity index is 2.04. The van der Waals surface area contributed by atoms with Crippen molar-refractivity contribution < 1.29 is 4.74 Å². The van der Waals surface area contributed by atoms with Gasteiger partial charge in [0.1, 0.15) is 11.5 Å². The molecular formula is C8H11OS2+. The molecule has 2 rings (SSSR count). The molecule has 0 amide bonds. The molecule has 11 heavy (non-hydrogen) atoms. The second-order valence-electron chi connectivity index (χ2n) is 2.45. The fraction of sp³-hybridized carbons (Fsp3) is 0.500. The standard InChI is InChI=1S/C8H11OS2/c1-2-8(10-5-1)11-6-3-9-4-7-11/h1-2,5H,3-4,6-7H2/q+1. The number of rotatable bonds is 1. The van der Waals surface area contributed by atoms with E-state index in [1.807, 2.05) is 11.3 Å². The summed E-state index contributed by atoms with van der Waals surface area (Å²) in [6.07, 6.45) is 0. The van der Waals surface area contributed by atoms with Crippen molar-refractivity contribution in [2.45, 2.75) is 4.21 Å². The van der Waals surface area contributed by atoms with Crippen molar-refractivity contribution in [3.63, 3.8) is 0 Å². The van der Waals surface area contributed by atoms with E-state index in [1.54, 1.807) is 4.21 Å². The van der Waals surface area contributed by atoms with Crippen molar-refractivity contribution >= 4 is 22.2 Å². The van der Waals surface area contributed by atoms with E-state index in [0.29, 0.717) is 10.9 Å². The molecule has 0 radical (unpaired) electrons. The van der Waals surface area contributed by atoms with Gasteiger partial charge in [0.2, 0.25) is 4.21 Å². The highest BCUT2D eigenvalue weighted by molar-refractivity contribution is 7.98. The normalized spacial score (nSPS) is 20.4. The Morgan fingerprint density at radius 2 is 2.18 bits per heavy atom. The van der Waals surface area contributed by atoms with Crippen LogP contribution in [0, 0.1) is 0 Å². The lowest BCUT2D eigenvalue weighted by atomic mass is 10.7. The van der Waals surface area contributed by atoms with Crippen molar-refractivity contribution in [2.24, 2.45) is 0 Å². The number of hydrogen-bond acceptors (Lipinski definition) is 2. The number of hydrogen-bond donors (Lipinski definition) is 0. The van der Waals surface area contributed by atoms with E-state index in [9.17, 15) is 0 Å². The largest absolute Gasteiger partial charge is 0.372 e. The van der Waals surface area contributed by atoms with Crippen molar-refractivity contribution in [3.8, 4) is 0 Å². The van der Waals surface area contributed by atoms with Gasteiger partial charge in [-0.05, 0) is 11.4 Å². The Labute approximate surface area is 73.7 Å². The predicted molar refractivity (Wildman–Crippen MR) is 50.5 cm³/mol. The van der Waals surface area contributed by atoms with E-state index < -0.39 is 0 Å². The van der Waals surface area contributed by atoms with E-state index in [4.69, 9.17) is 4.74 Å².